The first-order valence-electron chi connectivity index (χ1n) is 4.52. The molecule has 0 aromatic carbocycles. The molecule has 1 heteroatoms. The number of rotatable bonds is 4. The van der Waals surface area contributed by atoms with Crippen LogP contribution in [-0.2, 0) is 0 Å². The lowest BCUT2D eigenvalue weighted by atomic mass is 9.87. The Hall–Kier alpha value is 0.0900. The third-order valence-corrected chi connectivity index (χ3v) is 3.33. The normalized spacial score (nSPS) is 29.6. The van der Waals surface area contributed by atoms with Crippen LogP contribution in [0.3, 0.4) is 0 Å². The molecule has 0 heterocycles. The van der Waals surface area contributed by atoms with Gasteiger partial charge in [0.15, 0.2) is 0 Å². The highest BCUT2D eigenvalue weighted by Gasteiger charge is 2.22. The van der Waals surface area contributed by atoms with E-state index in [0.29, 0.717) is 5.41 Å². The Balaban J connectivity index is 2.18. The average molecular weight is 170 g/mol. The summed E-state index contributed by atoms with van der Waals surface area (Å²) in [5.41, 5.74) is 0.544. The lowest BCUT2D eigenvalue weighted by Gasteiger charge is -2.20. The van der Waals surface area contributed by atoms with Crippen LogP contribution in [-0.4, -0.2) is 11.5 Å². The molecule has 0 saturated heterocycles. The maximum atomic E-state index is 2.41. The zero-order valence-corrected chi connectivity index (χ0v) is 8.41. The summed E-state index contributed by atoms with van der Waals surface area (Å²) >= 11 is 2.06. The van der Waals surface area contributed by atoms with E-state index >= 15 is 0 Å². The van der Waals surface area contributed by atoms with Crippen molar-refractivity contribution in [2.45, 2.75) is 33.1 Å². The summed E-state index contributed by atoms with van der Waals surface area (Å²) in [7, 11) is 0. The Labute approximate surface area is 74.5 Å². The Kier molecular flexibility index (Phi) is 3.50. The third-order valence-electron chi connectivity index (χ3n) is 2.42. The summed E-state index contributed by atoms with van der Waals surface area (Å²) in [5, 5.41) is 0. The lowest BCUT2D eigenvalue weighted by molar-refractivity contribution is 0.407. The van der Waals surface area contributed by atoms with E-state index in [1.807, 2.05) is 0 Å². The maximum absolute atomic E-state index is 2.41. The van der Waals surface area contributed by atoms with E-state index < -0.39 is 0 Å². The number of thioether (sulfide) groups is 1. The zero-order chi connectivity index (χ0) is 8.16. The van der Waals surface area contributed by atoms with Crippen molar-refractivity contribution in [2.75, 3.05) is 11.5 Å². The van der Waals surface area contributed by atoms with Crippen LogP contribution < -0.4 is 0 Å². The van der Waals surface area contributed by atoms with Crippen LogP contribution in [0.15, 0.2) is 12.2 Å². The Bertz CT molecular complexity index is 140. The molecule has 11 heavy (non-hydrogen) atoms. The molecule has 0 aliphatic heterocycles. The fourth-order valence-corrected chi connectivity index (χ4v) is 2.42. The minimum atomic E-state index is 0.544. The molecule has 0 spiro atoms. The summed E-state index contributed by atoms with van der Waals surface area (Å²) < 4.78 is 0. The molecule has 64 valence electrons. The highest BCUT2D eigenvalue weighted by Crippen LogP contribution is 2.35. The molecule has 0 nitrogen and oxygen atoms in total. The molecule has 1 aliphatic carbocycles. The smallest absolute Gasteiger partial charge is 0.00595 e. The highest BCUT2D eigenvalue weighted by molar-refractivity contribution is 7.99. The van der Waals surface area contributed by atoms with Gasteiger partial charge in [0.1, 0.15) is 0 Å². The van der Waals surface area contributed by atoms with Crippen molar-refractivity contribution in [1.29, 1.82) is 0 Å². The first-order chi connectivity index (χ1) is 5.27. The first-order valence-corrected chi connectivity index (χ1v) is 5.68. The largest absolute Gasteiger partial charge is 0.162 e. The molecule has 1 rings (SSSR count). The van der Waals surface area contributed by atoms with Crippen LogP contribution in [0.2, 0.25) is 0 Å². The zero-order valence-electron chi connectivity index (χ0n) is 7.60. The van der Waals surface area contributed by atoms with Gasteiger partial charge in [-0.25, -0.2) is 0 Å². The van der Waals surface area contributed by atoms with Gasteiger partial charge in [0.05, 0.1) is 0 Å². The van der Waals surface area contributed by atoms with Gasteiger partial charge in [-0.2, -0.15) is 11.8 Å². The summed E-state index contributed by atoms with van der Waals surface area (Å²) in [6, 6.07) is 0. The average Bonchev–Trinajstić information content (AvgIpc) is 2.38. The monoisotopic (exact) mass is 170 g/mol. The number of allylic oxidation sites excluding steroid dienone is 2. The lowest BCUT2D eigenvalue weighted by Crippen LogP contribution is -2.10. The molecule has 0 amide bonds. The van der Waals surface area contributed by atoms with Crippen molar-refractivity contribution < 1.29 is 0 Å². The van der Waals surface area contributed by atoms with Gasteiger partial charge in [-0.05, 0) is 36.2 Å². The minimum absolute atomic E-state index is 0.544. The maximum Gasteiger partial charge on any atom is -0.00595 e. The molecule has 0 saturated carbocycles. The predicted octanol–water partition coefficient (Wildman–Crippen LogP) is 3.49. The van der Waals surface area contributed by atoms with Crippen molar-refractivity contribution in [3.63, 3.8) is 0 Å². The molecule has 0 unspecified atom stereocenters. The summed E-state index contributed by atoms with van der Waals surface area (Å²) in [4.78, 5) is 0. The molecular weight excluding hydrogens is 152 g/mol. The number of hydrogen-bond donors (Lipinski definition) is 0. The summed E-state index contributed by atoms with van der Waals surface area (Å²) in [5.74, 6) is 2.59. The Morgan fingerprint density at radius 2 is 2.36 bits per heavy atom. The Morgan fingerprint density at radius 1 is 1.55 bits per heavy atom. The van der Waals surface area contributed by atoms with Gasteiger partial charge < -0.3 is 0 Å². The van der Waals surface area contributed by atoms with Crippen LogP contribution in [0.1, 0.15) is 33.1 Å². The van der Waals surface area contributed by atoms with Crippen LogP contribution >= 0.6 is 11.8 Å². The fraction of sp³-hybridized carbons (Fsp3) is 0.800. The molecular formula is C10H18S. The second kappa shape index (κ2) is 4.20. The van der Waals surface area contributed by atoms with Gasteiger partial charge in [0.25, 0.3) is 0 Å². The molecule has 0 N–H and O–H groups in total. The third kappa shape index (κ3) is 2.90. The van der Waals surface area contributed by atoms with E-state index in [1.54, 1.807) is 0 Å². The SMILES string of the molecule is CCSCC[C@@]1(C)C=CCC1. The van der Waals surface area contributed by atoms with E-state index in [9.17, 15) is 0 Å². The van der Waals surface area contributed by atoms with E-state index in [0.717, 1.165) is 0 Å². The molecule has 1 atom stereocenters. The summed E-state index contributed by atoms with van der Waals surface area (Å²) in [6.07, 6.45) is 8.77. The van der Waals surface area contributed by atoms with Crippen molar-refractivity contribution >= 4 is 11.8 Å². The van der Waals surface area contributed by atoms with Gasteiger partial charge in [0, 0.05) is 0 Å². The van der Waals surface area contributed by atoms with Crippen molar-refractivity contribution in [3.8, 4) is 0 Å². The minimum Gasteiger partial charge on any atom is -0.162 e. The van der Waals surface area contributed by atoms with Crippen molar-refractivity contribution in [1.82, 2.24) is 0 Å². The van der Waals surface area contributed by atoms with Crippen molar-refractivity contribution in [2.24, 2.45) is 5.41 Å². The Morgan fingerprint density at radius 3 is 2.91 bits per heavy atom. The van der Waals surface area contributed by atoms with Crippen molar-refractivity contribution in [3.05, 3.63) is 12.2 Å². The first kappa shape index (κ1) is 9.18. The second-order valence-corrected chi connectivity index (χ2v) is 4.94. The quantitative estimate of drug-likeness (QED) is 0.460. The standard InChI is InChI=1S/C10H18S/c1-3-11-9-8-10(2)6-4-5-7-10/h4,6H,3,5,7-9H2,1-2H3/t10-/m0/s1. The number of hydrogen-bond acceptors (Lipinski definition) is 1. The van der Waals surface area contributed by atoms with Crippen LogP contribution in [0, 0.1) is 5.41 Å². The van der Waals surface area contributed by atoms with Gasteiger partial charge in [-0.15, -0.1) is 0 Å². The molecule has 1 aliphatic rings. The van der Waals surface area contributed by atoms with E-state index in [1.165, 1.54) is 30.8 Å². The highest BCUT2D eigenvalue weighted by atomic mass is 32.2. The van der Waals surface area contributed by atoms with Crippen LogP contribution in [0.4, 0.5) is 0 Å². The van der Waals surface area contributed by atoms with Gasteiger partial charge >= 0.3 is 0 Å². The topological polar surface area (TPSA) is 0 Å². The van der Waals surface area contributed by atoms with E-state index in [4.69, 9.17) is 0 Å². The van der Waals surface area contributed by atoms with E-state index in [2.05, 4.69) is 37.8 Å². The predicted molar refractivity (Wildman–Crippen MR) is 54.1 cm³/mol. The van der Waals surface area contributed by atoms with E-state index in [-0.39, 0.29) is 0 Å². The van der Waals surface area contributed by atoms with Gasteiger partial charge in [-0.3, -0.25) is 0 Å². The molecule has 0 aromatic heterocycles. The van der Waals surface area contributed by atoms with Gasteiger partial charge in [0.2, 0.25) is 0 Å². The molecule has 0 radical (unpaired) electrons. The van der Waals surface area contributed by atoms with Crippen LogP contribution in [0.25, 0.3) is 0 Å². The molecule has 0 aromatic rings. The molecule has 0 bridgehead atoms. The van der Waals surface area contributed by atoms with Gasteiger partial charge in [-0.1, -0.05) is 26.0 Å². The second-order valence-electron chi connectivity index (χ2n) is 3.54. The fourth-order valence-electron chi connectivity index (χ4n) is 1.52. The van der Waals surface area contributed by atoms with Crippen LogP contribution in [0.5, 0.6) is 0 Å². The molecule has 0 fully saturated rings. The summed E-state index contributed by atoms with van der Waals surface area (Å²) in [6.45, 7) is 4.62.